The number of hydrogen-bond acceptors (Lipinski definition) is 2. The van der Waals surface area contributed by atoms with Gasteiger partial charge in [-0.2, -0.15) is 0 Å². The lowest BCUT2D eigenvalue weighted by Gasteiger charge is -2.24. The van der Waals surface area contributed by atoms with Crippen molar-refractivity contribution in [1.82, 2.24) is 0 Å². The van der Waals surface area contributed by atoms with Gasteiger partial charge in [-0.3, -0.25) is 0 Å². The molecule has 0 aromatic rings. The van der Waals surface area contributed by atoms with Crippen LogP contribution in [0.15, 0.2) is 0 Å². The first-order chi connectivity index (χ1) is 6.14. The minimum absolute atomic E-state index is 0.0428. The van der Waals surface area contributed by atoms with E-state index in [1.54, 1.807) is 0 Å². The van der Waals surface area contributed by atoms with Gasteiger partial charge in [-0.25, -0.2) is 0 Å². The molecule has 0 spiro atoms. The quantitative estimate of drug-likeness (QED) is 0.450. The first kappa shape index (κ1) is 11.0. The van der Waals surface area contributed by atoms with E-state index in [2.05, 4.69) is 20.8 Å². The molecule has 1 saturated heterocycles. The van der Waals surface area contributed by atoms with E-state index in [1.807, 2.05) is 0 Å². The average Bonchev–Trinajstić information content (AvgIpc) is 2.84. The molecule has 0 N–H and O–H groups in total. The highest BCUT2D eigenvalue weighted by molar-refractivity contribution is 4.73. The lowest BCUT2D eigenvalue weighted by molar-refractivity contribution is -0.0314. The van der Waals surface area contributed by atoms with Crippen molar-refractivity contribution in [3.63, 3.8) is 0 Å². The third kappa shape index (κ3) is 5.27. The minimum atomic E-state index is 0.0428. The van der Waals surface area contributed by atoms with Gasteiger partial charge in [0.25, 0.3) is 0 Å². The van der Waals surface area contributed by atoms with Crippen LogP contribution >= 0.6 is 0 Å². The lowest BCUT2D eigenvalue weighted by atomic mass is 10.0. The van der Waals surface area contributed by atoms with Crippen LogP contribution in [0.2, 0.25) is 0 Å². The zero-order chi connectivity index (χ0) is 9.73. The smallest absolute Gasteiger partial charge is 0.104 e. The molecule has 1 aliphatic heterocycles. The second kappa shape index (κ2) is 4.97. The molecule has 1 fully saturated rings. The van der Waals surface area contributed by atoms with E-state index in [9.17, 15) is 0 Å². The van der Waals surface area contributed by atoms with E-state index >= 15 is 0 Å². The molecular formula is C11H22O2. The molecule has 0 radical (unpaired) electrons. The van der Waals surface area contributed by atoms with Crippen molar-refractivity contribution >= 4 is 0 Å². The largest absolute Gasteiger partial charge is 0.373 e. The first-order valence-corrected chi connectivity index (χ1v) is 5.39. The molecule has 13 heavy (non-hydrogen) atoms. The van der Waals surface area contributed by atoms with E-state index in [0.29, 0.717) is 6.10 Å². The van der Waals surface area contributed by atoms with E-state index in [4.69, 9.17) is 9.47 Å². The number of epoxide rings is 1. The fourth-order valence-electron chi connectivity index (χ4n) is 1.36. The summed E-state index contributed by atoms with van der Waals surface area (Å²) in [5.74, 6) is 0. The van der Waals surface area contributed by atoms with Crippen LogP contribution < -0.4 is 0 Å². The summed E-state index contributed by atoms with van der Waals surface area (Å²) < 4.78 is 10.9. The number of hydrogen-bond donors (Lipinski definition) is 0. The van der Waals surface area contributed by atoms with Crippen LogP contribution in [-0.4, -0.2) is 24.9 Å². The van der Waals surface area contributed by atoms with E-state index in [0.717, 1.165) is 19.6 Å². The van der Waals surface area contributed by atoms with Crippen molar-refractivity contribution < 1.29 is 9.47 Å². The van der Waals surface area contributed by atoms with Gasteiger partial charge in [-0.15, -0.1) is 0 Å². The van der Waals surface area contributed by atoms with Crippen LogP contribution in [-0.2, 0) is 9.47 Å². The van der Waals surface area contributed by atoms with Crippen LogP contribution in [0.3, 0.4) is 0 Å². The second-order valence-corrected chi connectivity index (χ2v) is 4.48. The summed E-state index contributed by atoms with van der Waals surface area (Å²) in [6, 6.07) is 0. The fourth-order valence-corrected chi connectivity index (χ4v) is 1.36. The molecule has 2 nitrogen and oxygen atoms in total. The Morgan fingerprint density at radius 1 is 1.38 bits per heavy atom. The molecule has 1 aliphatic rings. The summed E-state index contributed by atoms with van der Waals surface area (Å²) in [7, 11) is 0. The average molecular weight is 186 g/mol. The lowest BCUT2D eigenvalue weighted by Crippen LogP contribution is -2.26. The Morgan fingerprint density at radius 2 is 2.08 bits per heavy atom. The van der Waals surface area contributed by atoms with Gasteiger partial charge in [-0.05, 0) is 20.3 Å². The van der Waals surface area contributed by atoms with Crippen molar-refractivity contribution in [2.24, 2.45) is 0 Å². The SMILES string of the molecule is CCCCCC(C)(C)OCC1CO1. The fraction of sp³-hybridized carbons (Fsp3) is 1.00. The van der Waals surface area contributed by atoms with Crippen LogP contribution in [0.5, 0.6) is 0 Å². The molecule has 2 heteroatoms. The summed E-state index contributed by atoms with van der Waals surface area (Å²) in [4.78, 5) is 0. The van der Waals surface area contributed by atoms with Crippen molar-refractivity contribution in [1.29, 1.82) is 0 Å². The summed E-state index contributed by atoms with van der Waals surface area (Å²) in [5.41, 5.74) is 0.0428. The number of unbranched alkanes of at least 4 members (excludes halogenated alkanes) is 2. The Labute approximate surface area is 81.6 Å². The first-order valence-electron chi connectivity index (χ1n) is 5.39. The molecule has 1 heterocycles. The van der Waals surface area contributed by atoms with Crippen LogP contribution in [0.1, 0.15) is 46.5 Å². The van der Waals surface area contributed by atoms with E-state index < -0.39 is 0 Å². The third-order valence-electron chi connectivity index (χ3n) is 2.44. The highest BCUT2D eigenvalue weighted by atomic mass is 16.6. The van der Waals surface area contributed by atoms with Crippen molar-refractivity contribution in [3.05, 3.63) is 0 Å². The molecule has 0 amide bonds. The van der Waals surface area contributed by atoms with Gasteiger partial charge in [0, 0.05) is 0 Å². The third-order valence-corrected chi connectivity index (χ3v) is 2.44. The van der Waals surface area contributed by atoms with E-state index in [1.165, 1.54) is 19.3 Å². The van der Waals surface area contributed by atoms with E-state index in [-0.39, 0.29) is 5.60 Å². The maximum Gasteiger partial charge on any atom is 0.104 e. The van der Waals surface area contributed by atoms with Gasteiger partial charge in [-0.1, -0.05) is 26.2 Å². The molecular weight excluding hydrogens is 164 g/mol. The molecule has 0 aliphatic carbocycles. The Bertz CT molecular complexity index is 139. The second-order valence-electron chi connectivity index (χ2n) is 4.48. The minimum Gasteiger partial charge on any atom is -0.373 e. The van der Waals surface area contributed by atoms with Crippen molar-refractivity contribution in [3.8, 4) is 0 Å². The van der Waals surface area contributed by atoms with Gasteiger partial charge in [0.1, 0.15) is 6.10 Å². The van der Waals surface area contributed by atoms with Crippen LogP contribution in [0.4, 0.5) is 0 Å². The maximum absolute atomic E-state index is 5.77. The molecule has 1 unspecified atom stereocenters. The summed E-state index contributed by atoms with van der Waals surface area (Å²) in [6.45, 7) is 8.24. The zero-order valence-electron chi connectivity index (χ0n) is 9.14. The van der Waals surface area contributed by atoms with Gasteiger partial charge in [0.15, 0.2) is 0 Å². The molecule has 0 bridgehead atoms. The Balaban J connectivity index is 2.03. The highest BCUT2D eigenvalue weighted by Gasteiger charge is 2.26. The highest BCUT2D eigenvalue weighted by Crippen LogP contribution is 2.21. The predicted octanol–water partition coefficient (Wildman–Crippen LogP) is 2.76. The zero-order valence-corrected chi connectivity index (χ0v) is 9.14. The summed E-state index contributed by atoms with van der Waals surface area (Å²) in [5, 5.41) is 0. The summed E-state index contributed by atoms with van der Waals surface area (Å²) >= 11 is 0. The molecule has 1 atom stereocenters. The molecule has 0 aromatic heterocycles. The number of ether oxygens (including phenoxy) is 2. The molecule has 0 saturated carbocycles. The normalized spacial score (nSPS) is 21.9. The van der Waals surface area contributed by atoms with Crippen LogP contribution in [0, 0.1) is 0 Å². The molecule has 1 rings (SSSR count). The van der Waals surface area contributed by atoms with Crippen molar-refractivity contribution in [2.75, 3.05) is 13.2 Å². The van der Waals surface area contributed by atoms with Gasteiger partial charge >= 0.3 is 0 Å². The summed E-state index contributed by atoms with van der Waals surface area (Å²) in [6.07, 6.45) is 5.42. The number of rotatable bonds is 7. The Kier molecular flexibility index (Phi) is 4.20. The molecule has 78 valence electrons. The standard InChI is InChI=1S/C11H22O2/c1-4-5-6-7-11(2,3)13-9-10-8-12-10/h10H,4-9H2,1-3H3. The van der Waals surface area contributed by atoms with Crippen molar-refractivity contribution in [2.45, 2.75) is 58.2 Å². The topological polar surface area (TPSA) is 21.8 Å². The van der Waals surface area contributed by atoms with Gasteiger partial charge in [0.2, 0.25) is 0 Å². The Hall–Kier alpha value is -0.0800. The monoisotopic (exact) mass is 186 g/mol. The van der Waals surface area contributed by atoms with Crippen LogP contribution in [0.25, 0.3) is 0 Å². The van der Waals surface area contributed by atoms with Gasteiger partial charge in [0.05, 0.1) is 18.8 Å². The van der Waals surface area contributed by atoms with Gasteiger partial charge < -0.3 is 9.47 Å². The Morgan fingerprint density at radius 3 is 2.62 bits per heavy atom. The predicted molar refractivity (Wildman–Crippen MR) is 53.9 cm³/mol. The molecule has 0 aromatic carbocycles. The maximum atomic E-state index is 5.77.